The van der Waals surface area contributed by atoms with Crippen molar-refractivity contribution in [1.29, 1.82) is 0 Å². The van der Waals surface area contributed by atoms with Crippen molar-refractivity contribution in [3.05, 3.63) is 29.3 Å². The number of nitrogens with zero attached hydrogens (tertiary/aromatic N) is 1. The number of amides is 2. The lowest BCUT2D eigenvalue weighted by Crippen LogP contribution is -2.35. The molecule has 2 aliphatic rings. The van der Waals surface area contributed by atoms with Crippen LogP contribution in [0.5, 0.6) is 0 Å². The van der Waals surface area contributed by atoms with Crippen LogP contribution in [-0.2, 0) is 11.2 Å². The lowest BCUT2D eigenvalue weighted by Gasteiger charge is -2.26. The van der Waals surface area contributed by atoms with Crippen molar-refractivity contribution in [2.75, 3.05) is 18.4 Å². The molecule has 0 spiro atoms. The SMILES string of the molecule is O=C1Cc2cc(C(=O)N3CCCCC3)ccc2N1. The number of hydrogen-bond acceptors (Lipinski definition) is 2. The largest absolute Gasteiger partial charge is 0.339 e. The molecule has 1 saturated heterocycles. The van der Waals surface area contributed by atoms with Gasteiger partial charge in [-0.15, -0.1) is 0 Å². The summed E-state index contributed by atoms with van der Waals surface area (Å²) in [5, 5.41) is 2.78. The van der Waals surface area contributed by atoms with Crippen LogP contribution in [0.4, 0.5) is 5.69 Å². The van der Waals surface area contributed by atoms with Gasteiger partial charge in [0.05, 0.1) is 6.42 Å². The van der Waals surface area contributed by atoms with E-state index in [-0.39, 0.29) is 11.8 Å². The van der Waals surface area contributed by atoms with Crippen LogP contribution in [0.3, 0.4) is 0 Å². The van der Waals surface area contributed by atoms with E-state index in [0.29, 0.717) is 12.0 Å². The number of carbonyl (C=O) groups is 2. The first-order chi connectivity index (χ1) is 8.74. The third-order valence-corrected chi connectivity index (χ3v) is 3.62. The van der Waals surface area contributed by atoms with E-state index >= 15 is 0 Å². The number of fused-ring (bicyclic) bond motifs is 1. The Bertz CT molecular complexity index is 505. The molecule has 18 heavy (non-hydrogen) atoms. The Hall–Kier alpha value is -1.84. The molecule has 4 heteroatoms. The first-order valence-electron chi connectivity index (χ1n) is 6.46. The molecule has 4 nitrogen and oxygen atoms in total. The van der Waals surface area contributed by atoms with Gasteiger partial charge < -0.3 is 10.2 Å². The van der Waals surface area contributed by atoms with Gasteiger partial charge >= 0.3 is 0 Å². The topological polar surface area (TPSA) is 49.4 Å². The van der Waals surface area contributed by atoms with Crippen LogP contribution in [0.1, 0.15) is 35.2 Å². The minimum atomic E-state index is 0.00701. The highest BCUT2D eigenvalue weighted by Crippen LogP contribution is 2.25. The fourth-order valence-electron chi connectivity index (χ4n) is 2.64. The van der Waals surface area contributed by atoms with Gasteiger partial charge in [-0.2, -0.15) is 0 Å². The number of benzene rings is 1. The van der Waals surface area contributed by atoms with Crippen LogP contribution >= 0.6 is 0 Å². The standard InChI is InChI=1S/C14H16N2O2/c17-13-9-11-8-10(4-5-12(11)15-13)14(18)16-6-2-1-3-7-16/h4-5,8H,1-3,6-7,9H2,(H,15,17). The first-order valence-corrected chi connectivity index (χ1v) is 6.46. The van der Waals surface area contributed by atoms with Crippen molar-refractivity contribution >= 4 is 17.5 Å². The highest BCUT2D eigenvalue weighted by molar-refractivity contribution is 6.01. The number of rotatable bonds is 1. The average Bonchev–Trinajstić information content (AvgIpc) is 2.78. The van der Waals surface area contributed by atoms with Gasteiger partial charge in [0.2, 0.25) is 5.91 Å². The summed E-state index contributed by atoms with van der Waals surface area (Å²) < 4.78 is 0. The lowest BCUT2D eigenvalue weighted by atomic mass is 10.1. The molecule has 0 aliphatic carbocycles. The zero-order chi connectivity index (χ0) is 12.5. The monoisotopic (exact) mass is 244 g/mol. The molecule has 0 saturated carbocycles. The quantitative estimate of drug-likeness (QED) is 0.819. The molecule has 0 atom stereocenters. The third kappa shape index (κ3) is 1.98. The highest BCUT2D eigenvalue weighted by atomic mass is 16.2. The summed E-state index contributed by atoms with van der Waals surface area (Å²) in [6, 6.07) is 5.49. The Morgan fingerprint density at radius 3 is 2.72 bits per heavy atom. The minimum Gasteiger partial charge on any atom is -0.339 e. The van der Waals surface area contributed by atoms with Crippen molar-refractivity contribution in [2.45, 2.75) is 25.7 Å². The average molecular weight is 244 g/mol. The first kappa shape index (κ1) is 11.3. The van der Waals surface area contributed by atoms with E-state index in [1.54, 1.807) is 6.07 Å². The molecule has 1 fully saturated rings. The second-order valence-electron chi connectivity index (χ2n) is 4.95. The van der Waals surface area contributed by atoms with Gasteiger partial charge in [-0.3, -0.25) is 9.59 Å². The molecule has 3 rings (SSSR count). The summed E-state index contributed by atoms with van der Waals surface area (Å²) in [7, 11) is 0. The van der Waals surface area contributed by atoms with E-state index in [0.717, 1.165) is 37.2 Å². The normalized spacial score (nSPS) is 18.4. The van der Waals surface area contributed by atoms with Crippen molar-refractivity contribution in [3.63, 3.8) is 0 Å². The second-order valence-corrected chi connectivity index (χ2v) is 4.95. The molecule has 1 aromatic carbocycles. The van der Waals surface area contributed by atoms with E-state index in [4.69, 9.17) is 0 Å². The van der Waals surface area contributed by atoms with Gasteiger partial charge in [0.1, 0.15) is 0 Å². The summed E-state index contributed by atoms with van der Waals surface area (Å²) in [6.07, 6.45) is 3.79. The maximum Gasteiger partial charge on any atom is 0.253 e. The van der Waals surface area contributed by atoms with Gasteiger partial charge in [0.25, 0.3) is 5.91 Å². The van der Waals surface area contributed by atoms with Crippen LogP contribution in [0.2, 0.25) is 0 Å². The molecule has 94 valence electrons. The minimum absolute atomic E-state index is 0.00701. The number of likely N-dealkylation sites (tertiary alicyclic amines) is 1. The molecule has 2 aliphatic heterocycles. The number of piperidine rings is 1. The van der Waals surface area contributed by atoms with Crippen LogP contribution in [0.15, 0.2) is 18.2 Å². The predicted molar refractivity (Wildman–Crippen MR) is 68.5 cm³/mol. The van der Waals surface area contributed by atoms with Crippen molar-refractivity contribution in [2.24, 2.45) is 0 Å². The second kappa shape index (κ2) is 4.44. The Morgan fingerprint density at radius 1 is 1.17 bits per heavy atom. The van der Waals surface area contributed by atoms with Gasteiger partial charge in [-0.05, 0) is 43.0 Å². The molecule has 2 amide bonds. The lowest BCUT2D eigenvalue weighted by molar-refractivity contribution is -0.115. The summed E-state index contributed by atoms with van der Waals surface area (Å²) in [6.45, 7) is 1.71. The van der Waals surface area contributed by atoms with Gasteiger partial charge in [0.15, 0.2) is 0 Å². The molecule has 0 bridgehead atoms. The predicted octanol–water partition coefficient (Wildman–Crippen LogP) is 1.81. The fraction of sp³-hybridized carbons (Fsp3) is 0.429. The van der Waals surface area contributed by atoms with E-state index in [1.165, 1.54) is 6.42 Å². The number of anilines is 1. The molecular weight excluding hydrogens is 228 g/mol. The van der Waals surface area contributed by atoms with Crippen molar-refractivity contribution in [3.8, 4) is 0 Å². The summed E-state index contributed by atoms with van der Waals surface area (Å²) in [5.41, 5.74) is 2.48. The van der Waals surface area contributed by atoms with E-state index in [1.807, 2.05) is 17.0 Å². The molecular formula is C14H16N2O2. The number of carbonyl (C=O) groups excluding carboxylic acids is 2. The van der Waals surface area contributed by atoms with Crippen LogP contribution in [-0.4, -0.2) is 29.8 Å². The number of hydrogen-bond donors (Lipinski definition) is 1. The Kier molecular flexibility index (Phi) is 2.78. The van der Waals surface area contributed by atoms with E-state index in [9.17, 15) is 9.59 Å². The van der Waals surface area contributed by atoms with Crippen molar-refractivity contribution in [1.82, 2.24) is 4.90 Å². The van der Waals surface area contributed by atoms with Gasteiger partial charge in [-0.25, -0.2) is 0 Å². The van der Waals surface area contributed by atoms with Crippen LogP contribution < -0.4 is 5.32 Å². The fourth-order valence-corrected chi connectivity index (χ4v) is 2.64. The molecule has 1 aromatic rings. The summed E-state index contributed by atoms with van der Waals surface area (Å²) in [4.78, 5) is 25.5. The van der Waals surface area contributed by atoms with Crippen molar-refractivity contribution < 1.29 is 9.59 Å². The zero-order valence-corrected chi connectivity index (χ0v) is 10.2. The smallest absolute Gasteiger partial charge is 0.253 e. The van der Waals surface area contributed by atoms with Gasteiger partial charge in [-0.1, -0.05) is 0 Å². The van der Waals surface area contributed by atoms with E-state index < -0.39 is 0 Å². The summed E-state index contributed by atoms with van der Waals surface area (Å²) in [5.74, 6) is 0.101. The molecule has 1 N–H and O–H groups in total. The maximum atomic E-state index is 12.3. The molecule has 0 unspecified atom stereocenters. The Labute approximate surface area is 106 Å². The molecule has 0 radical (unpaired) electrons. The molecule has 0 aromatic heterocycles. The van der Waals surface area contributed by atoms with Crippen LogP contribution in [0, 0.1) is 0 Å². The number of nitrogens with one attached hydrogen (secondary N) is 1. The third-order valence-electron chi connectivity index (χ3n) is 3.62. The zero-order valence-electron chi connectivity index (χ0n) is 10.2. The summed E-state index contributed by atoms with van der Waals surface area (Å²) >= 11 is 0. The molecule has 2 heterocycles. The Balaban J connectivity index is 1.82. The highest BCUT2D eigenvalue weighted by Gasteiger charge is 2.22. The van der Waals surface area contributed by atoms with E-state index in [2.05, 4.69) is 5.32 Å². The van der Waals surface area contributed by atoms with Crippen LogP contribution in [0.25, 0.3) is 0 Å². The Morgan fingerprint density at radius 2 is 1.94 bits per heavy atom. The van der Waals surface area contributed by atoms with Gasteiger partial charge in [0, 0.05) is 24.3 Å². The maximum absolute atomic E-state index is 12.3.